The van der Waals surface area contributed by atoms with Crippen molar-refractivity contribution in [2.24, 2.45) is 5.10 Å². The molecule has 2 aromatic carbocycles. The summed E-state index contributed by atoms with van der Waals surface area (Å²) in [5, 5.41) is 3.84. The van der Waals surface area contributed by atoms with Crippen LogP contribution < -0.4 is 5.43 Å². The third-order valence-electron chi connectivity index (χ3n) is 3.26. The smallest absolute Gasteiger partial charge is 0.255 e. The molecule has 0 bridgehead atoms. The molecule has 0 saturated heterocycles. The Kier molecular flexibility index (Phi) is 5.83. The number of amides is 1. The van der Waals surface area contributed by atoms with Crippen LogP contribution >= 0.6 is 0 Å². The third kappa shape index (κ3) is 4.74. The lowest BCUT2D eigenvalue weighted by atomic mass is 10.2. The number of aryl methyl sites for hydroxylation is 1. The van der Waals surface area contributed by atoms with E-state index < -0.39 is 15.9 Å². The van der Waals surface area contributed by atoms with Gasteiger partial charge in [0, 0.05) is 7.05 Å². The Bertz CT molecular complexity index is 833. The fourth-order valence-corrected chi connectivity index (χ4v) is 3.17. The summed E-state index contributed by atoms with van der Waals surface area (Å²) in [4.78, 5) is 12.0. The number of hydrazone groups is 1. The van der Waals surface area contributed by atoms with E-state index in [1.54, 1.807) is 18.2 Å². The van der Waals surface area contributed by atoms with E-state index in [2.05, 4.69) is 10.5 Å². The van der Waals surface area contributed by atoms with Gasteiger partial charge in [-0.1, -0.05) is 48.0 Å². The Hall–Kier alpha value is -2.51. The van der Waals surface area contributed by atoms with E-state index in [4.69, 9.17) is 0 Å². The summed E-state index contributed by atoms with van der Waals surface area (Å²) >= 11 is 0. The highest BCUT2D eigenvalue weighted by Gasteiger charge is 2.22. The first-order chi connectivity index (χ1) is 11.4. The Morgan fingerprint density at radius 1 is 1.17 bits per heavy atom. The van der Waals surface area contributed by atoms with Gasteiger partial charge in [-0.25, -0.2) is 13.8 Å². The summed E-state index contributed by atoms with van der Waals surface area (Å²) < 4.78 is 25.6. The van der Waals surface area contributed by atoms with Crippen molar-refractivity contribution in [3.63, 3.8) is 0 Å². The molecule has 0 radical (unpaired) electrons. The molecular weight excluding hydrogens is 326 g/mol. The molecule has 24 heavy (non-hydrogen) atoms. The van der Waals surface area contributed by atoms with E-state index in [1.165, 1.54) is 25.4 Å². The minimum absolute atomic E-state index is 0.142. The normalized spacial score (nSPS) is 11.8. The monoisotopic (exact) mass is 345 g/mol. The van der Waals surface area contributed by atoms with Crippen LogP contribution in [0.1, 0.15) is 11.1 Å². The number of nitrogens with zero attached hydrogens (tertiary/aromatic N) is 2. The molecular formula is C17H19N3O3S. The van der Waals surface area contributed by atoms with Crippen LogP contribution in [0.25, 0.3) is 0 Å². The quantitative estimate of drug-likeness (QED) is 0.640. The van der Waals surface area contributed by atoms with Gasteiger partial charge in [-0.3, -0.25) is 4.79 Å². The molecule has 1 N–H and O–H groups in total. The molecule has 2 aromatic rings. The number of nitrogens with one attached hydrogen (secondary N) is 1. The predicted octanol–water partition coefficient (Wildman–Crippen LogP) is 1.77. The van der Waals surface area contributed by atoms with Crippen LogP contribution in [0, 0.1) is 6.92 Å². The van der Waals surface area contributed by atoms with Gasteiger partial charge < -0.3 is 0 Å². The summed E-state index contributed by atoms with van der Waals surface area (Å²) in [5.41, 5.74) is 4.26. The number of carbonyl (C=O) groups is 1. The van der Waals surface area contributed by atoms with E-state index in [-0.39, 0.29) is 11.4 Å². The second-order valence-electron chi connectivity index (χ2n) is 5.28. The van der Waals surface area contributed by atoms with Crippen LogP contribution in [0.2, 0.25) is 0 Å². The van der Waals surface area contributed by atoms with Crippen molar-refractivity contribution < 1.29 is 13.2 Å². The Morgan fingerprint density at radius 3 is 2.54 bits per heavy atom. The molecule has 0 aliphatic carbocycles. The van der Waals surface area contributed by atoms with Crippen molar-refractivity contribution in [1.29, 1.82) is 0 Å². The first-order valence-corrected chi connectivity index (χ1v) is 8.73. The zero-order chi connectivity index (χ0) is 17.6. The molecule has 0 atom stereocenters. The summed E-state index contributed by atoms with van der Waals surface area (Å²) in [7, 11) is -2.34. The first-order valence-electron chi connectivity index (χ1n) is 7.29. The lowest BCUT2D eigenvalue weighted by Crippen LogP contribution is -2.36. The molecule has 2 rings (SSSR count). The second kappa shape index (κ2) is 7.85. The number of carbonyl (C=O) groups excluding carboxylic acids is 1. The summed E-state index contributed by atoms with van der Waals surface area (Å²) in [6.07, 6.45) is 1.51. The highest BCUT2D eigenvalue weighted by atomic mass is 32.2. The van der Waals surface area contributed by atoms with Gasteiger partial charge in [0.05, 0.1) is 17.7 Å². The van der Waals surface area contributed by atoms with Gasteiger partial charge in [0.2, 0.25) is 10.0 Å². The molecule has 0 unspecified atom stereocenters. The number of benzene rings is 2. The number of rotatable bonds is 6. The highest BCUT2D eigenvalue weighted by Crippen LogP contribution is 2.12. The standard InChI is InChI=1S/C17H19N3O3S/c1-14-7-6-8-15(11-14)12-18-19-17(21)13-20(2)24(22,23)16-9-4-3-5-10-16/h3-12H,13H2,1-2H3,(H,19,21)/b18-12-. The molecule has 0 spiro atoms. The number of hydrogen-bond donors (Lipinski definition) is 1. The van der Waals surface area contributed by atoms with Crippen LogP contribution in [0.3, 0.4) is 0 Å². The lowest BCUT2D eigenvalue weighted by Gasteiger charge is -2.15. The fraction of sp³-hybridized carbons (Fsp3) is 0.176. The molecule has 0 aromatic heterocycles. The molecule has 0 saturated carbocycles. The van der Waals surface area contributed by atoms with Crippen LogP contribution in [0.15, 0.2) is 64.6 Å². The van der Waals surface area contributed by atoms with Gasteiger partial charge in [-0.15, -0.1) is 0 Å². The van der Waals surface area contributed by atoms with E-state index in [0.717, 1.165) is 15.4 Å². The number of likely N-dealkylation sites (N-methyl/N-ethyl adjacent to an activating group) is 1. The minimum Gasteiger partial charge on any atom is -0.272 e. The van der Waals surface area contributed by atoms with E-state index in [0.29, 0.717) is 0 Å². The molecule has 0 heterocycles. The third-order valence-corrected chi connectivity index (χ3v) is 5.08. The van der Waals surface area contributed by atoms with Gasteiger partial charge in [-0.2, -0.15) is 9.41 Å². The van der Waals surface area contributed by atoms with Crippen LogP contribution in [-0.4, -0.2) is 38.4 Å². The highest BCUT2D eigenvalue weighted by molar-refractivity contribution is 7.89. The molecule has 126 valence electrons. The zero-order valence-electron chi connectivity index (χ0n) is 13.5. The Morgan fingerprint density at radius 2 is 1.88 bits per heavy atom. The van der Waals surface area contributed by atoms with Gasteiger partial charge in [0.15, 0.2) is 0 Å². The molecule has 0 aliphatic rings. The average Bonchev–Trinajstić information content (AvgIpc) is 2.55. The Labute approximate surface area is 141 Å². The van der Waals surface area contributed by atoms with Gasteiger partial charge in [0.1, 0.15) is 0 Å². The Balaban J connectivity index is 1.94. The summed E-state index contributed by atoms with van der Waals surface area (Å²) in [6.45, 7) is 1.64. The first kappa shape index (κ1) is 17.8. The maximum atomic E-state index is 12.3. The van der Waals surface area contributed by atoms with E-state index in [9.17, 15) is 13.2 Å². The predicted molar refractivity (Wildman–Crippen MR) is 93.2 cm³/mol. The van der Waals surface area contributed by atoms with Crippen LogP contribution in [-0.2, 0) is 14.8 Å². The second-order valence-corrected chi connectivity index (χ2v) is 7.33. The van der Waals surface area contributed by atoms with Crippen molar-refractivity contribution in [1.82, 2.24) is 9.73 Å². The number of hydrogen-bond acceptors (Lipinski definition) is 4. The zero-order valence-corrected chi connectivity index (χ0v) is 14.3. The van der Waals surface area contributed by atoms with Crippen molar-refractivity contribution in [3.05, 3.63) is 65.7 Å². The molecule has 6 nitrogen and oxygen atoms in total. The molecule has 0 aliphatic heterocycles. The van der Waals surface area contributed by atoms with Crippen LogP contribution in [0.4, 0.5) is 0 Å². The topological polar surface area (TPSA) is 78.8 Å². The minimum atomic E-state index is -3.70. The van der Waals surface area contributed by atoms with Gasteiger partial charge >= 0.3 is 0 Å². The largest absolute Gasteiger partial charge is 0.272 e. The molecule has 1 amide bonds. The summed E-state index contributed by atoms with van der Waals surface area (Å²) in [6, 6.07) is 15.6. The average molecular weight is 345 g/mol. The van der Waals surface area contributed by atoms with Crippen LogP contribution in [0.5, 0.6) is 0 Å². The lowest BCUT2D eigenvalue weighted by molar-refractivity contribution is -0.121. The van der Waals surface area contributed by atoms with Crippen molar-refractivity contribution in [3.8, 4) is 0 Å². The molecule has 7 heteroatoms. The van der Waals surface area contributed by atoms with E-state index >= 15 is 0 Å². The van der Waals surface area contributed by atoms with E-state index in [1.807, 2.05) is 31.2 Å². The van der Waals surface area contributed by atoms with Crippen molar-refractivity contribution in [2.75, 3.05) is 13.6 Å². The maximum absolute atomic E-state index is 12.3. The van der Waals surface area contributed by atoms with Gasteiger partial charge in [-0.05, 0) is 24.6 Å². The maximum Gasteiger partial charge on any atom is 0.255 e. The number of sulfonamides is 1. The van der Waals surface area contributed by atoms with Gasteiger partial charge in [0.25, 0.3) is 5.91 Å². The van der Waals surface area contributed by atoms with Crippen molar-refractivity contribution in [2.45, 2.75) is 11.8 Å². The molecule has 0 fully saturated rings. The summed E-state index contributed by atoms with van der Waals surface area (Å²) in [5.74, 6) is -0.513. The van der Waals surface area contributed by atoms with Crippen molar-refractivity contribution >= 4 is 22.1 Å². The SMILES string of the molecule is Cc1cccc(/C=N\NC(=O)CN(C)S(=O)(=O)c2ccccc2)c1. The fourth-order valence-electron chi connectivity index (χ4n) is 2.02.